The molecule has 32 heavy (non-hydrogen) atoms. The maximum atomic E-state index is 15.7. The van der Waals surface area contributed by atoms with Gasteiger partial charge in [0.15, 0.2) is 38.5 Å². The van der Waals surface area contributed by atoms with E-state index in [1.807, 2.05) is 33.9 Å². The topological polar surface area (TPSA) is 106 Å². The highest BCUT2D eigenvalue weighted by Gasteiger charge is 2.60. The number of alkyl halides is 2. The van der Waals surface area contributed by atoms with Crippen LogP contribution >= 0.6 is 11.6 Å². The molecular formula is C20H32ClF2N3O5Si. The summed E-state index contributed by atoms with van der Waals surface area (Å²) in [6, 6.07) is 0. The molecule has 2 rings (SSSR count). The minimum atomic E-state index is -2.34. The zero-order valence-electron chi connectivity index (χ0n) is 19.4. The number of nitrogens with two attached hydrogens (primary N) is 1. The summed E-state index contributed by atoms with van der Waals surface area (Å²) in [4.78, 5) is 28.0. The maximum Gasteiger partial charge on any atom is 0.351 e. The lowest BCUT2D eigenvalue weighted by atomic mass is 9.98. The number of halogens is 3. The van der Waals surface area contributed by atoms with Crippen molar-refractivity contribution in [1.82, 2.24) is 9.55 Å². The number of ether oxygens (including phenoxy) is 2. The van der Waals surface area contributed by atoms with Crippen molar-refractivity contribution in [3.8, 4) is 0 Å². The molecule has 1 fully saturated rings. The third-order valence-corrected chi connectivity index (χ3v) is 11.0. The molecule has 2 N–H and O–H groups in total. The van der Waals surface area contributed by atoms with Crippen LogP contribution < -0.4 is 11.4 Å². The van der Waals surface area contributed by atoms with Gasteiger partial charge in [-0.3, -0.25) is 9.36 Å². The predicted octanol–water partition coefficient (Wildman–Crippen LogP) is 3.40. The molecule has 0 aromatic carbocycles. The summed E-state index contributed by atoms with van der Waals surface area (Å²) in [5, 5.41) is -0.168. The Morgan fingerprint density at radius 2 is 2.03 bits per heavy atom. The molecule has 4 unspecified atom stereocenters. The molecule has 0 aliphatic carbocycles. The van der Waals surface area contributed by atoms with Gasteiger partial charge in [-0.1, -0.05) is 34.6 Å². The van der Waals surface area contributed by atoms with Gasteiger partial charge in [-0.15, -0.1) is 11.6 Å². The van der Waals surface area contributed by atoms with Crippen molar-refractivity contribution in [3.63, 3.8) is 0 Å². The van der Waals surface area contributed by atoms with E-state index in [1.54, 1.807) is 13.8 Å². The van der Waals surface area contributed by atoms with Crippen LogP contribution in [0.25, 0.3) is 0 Å². The first kappa shape index (κ1) is 26.7. The number of rotatable bonds is 7. The van der Waals surface area contributed by atoms with Crippen LogP contribution in [0.5, 0.6) is 0 Å². The van der Waals surface area contributed by atoms with E-state index >= 15 is 4.39 Å². The van der Waals surface area contributed by atoms with Gasteiger partial charge in [0.25, 0.3) is 0 Å². The number of esters is 1. The molecule has 1 saturated heterocycles. The first-order valence-corrected chi connectivity index (χ1v) is 13.8. The average molecular weight is 496 g/mol. The zero-order valence-corrected chi connectivity index (χ0v) is 21.2. The third kappa shape index (κ3) is 5.16. The lowest BCUT2D eigenvalue weighted by Crippen LogP contribution is -2.54. The van der Waals surface area contributed by atoms with Crippen LogP contribution in [0.15, 0.2) is 11.0 Å². The van der Waals surface area contributed by atoms with E-state index < -0.39 is 61.6 Å². The predicted molar refractivity (Wildman–Crippen MR) is 119 cm³/mol. The molecule has 8 nitrogen and oxygen atoms in total. The van der Waals surface area contributed by atoms with E-state index in [0.717, 1.165) is 0 Å². The van der Waals surface area contributed by atoms with Crippen LogP contribution in [0, 0.1) is 11.7 Å². The fourth-order valence-electron chi connectivity index (χ4n) is 2.88. The summed E-state index contributed by atoms with van der Waals surface area (Å²) in [7, 11) is -2.34. The van der Waals surface area contributed by atoms with E-state index in [9.17, 15) is 14.0 Å². The van der Waals surface area contributed by atoms with Crippen LogP contribution in [-0.2, 0) is 18.7 Å². The molecule has 12 heteroatoms. The number of hydrogen-bond acceptors (Lipinski definition) is 7. The number of anilines is 1. The Balaban J connectivity index is 2.50. The molecule has 0 amide bonds. The highest BCUT2D eigenvalue weighted by molar-refractivity contribution is 6.74. The summed E-state index contributed by atoms with van der Waals surface area (Å²) >= 11 is 6.24. The minimum Gasteiger partial charge on any atom is -0.456 e. The number of nitrogens with zero attached hydrogens (tertiary/aromatic N) is 2. The van der Waals surface area contributed by atoms with E-state index in [0.29, 0.717) is 10.8 Å². The second-order valence-corrected chi connectivity index (χ2v) is 15.0. The Kier molecular flexibility index (Phi) is 7.80. The SMILES string of the molecule is CC(C)C(=O)OC1C(F)C(n2cc(F)c(N)nc2=O)OC1(CCl)CO[Si](C)(C)C(C)(C)C. The van der Waals surface area contributed by atoms with Crippen molar-refractivity contribution < 1.29 is 27.5 Å². The van der Waals surface area contributed by atoms with Crippen molar-refractivity contribution in [2.24, 2.45) is 5.92 Å². The summed E-state index contributed by atoms with van der Waals surface area (Å²) in [6.07, 6.45) is -4.46. The lowest BCUT2D eigenvalue weighted by molar-refractivity contribution is -0.167. The van der Waals surface area contributed by atoms with Gasteiger partial charge in [0.1, 0.15) is 5.60 Å². The summed E-state index contributed by atoms with van der Waals surface area (Å²) < 4.78 is 47.9. The molecular weight excluding hydrogens is 464 g/mol. The first-order chi connectivity index (χ1) is 14.6. The summed E-state index contributed by atoms with van der Waals surface area (Å²) in [5.74, 6) is -3.15. The minimum absolute atomic E-state index is 0.168. The summed E-state index contributed by atoms with van der Waals surface area (Å²) in [5.41, 5.74) is 2.70. The number of aromatic nitrogens is 2. The quantitative estimate of drug-likeness (QED) is 0.351. The molecule has 2 heterocycles. The van der Waals surface area contributed by atoms with Crippen LogP contribution in [0.3, 0.4) is 0 Å². The second-order valence-electron chi connectivity index (χ2n) is 9.88. The maximum absolute atomic E-state index is 15.7. The summed E-state index contributed by atoms with van der Waals surface area (Å²) in [6.45, 7) is 13.1. The average Bonchev–Trinajstić information content (AvgIpc) is 2.95. The van der Waals surface area contributed by atoms with Crippen molar-refractivity contribution in [3.05, 3.63) is 22.5 Å². The van der Waals surface area contributed by atoms with Crippen LogP contribution in [0.2, 0.25) is 18.1 Å². The molecule has 4 atom stereocenters. The fourth-order valence-corrected chi connectivity index (χ4v) is 4.21. The number of carbonyl (C=O) groups excluding carboxylic acids is 1. The molecule has 1 aromatic rings. The van der Waals surface area contributed by atoms with E-state index in [1.165, 1.54) is 0 Å². The Hall–Kier alpha value is -1.56. The standard InChI is InChI=1S/C20H32ClF2N3O5Si/c1-11(2)17(27)30-14-13(23)16(26-8-12(22)15(24)25-18(26)28)31-20(14,9-21)10-29-32(6,7)19(3,4)5/h8,11,13-14,16H,9-10H2,1-7H3,(H2,24,25,28). The molecule has 0 radical (unpaired) electrons. The van der Waals surface area contributed by atoms with Gasteiger partial charge >= 0.3 is 11.7 Å². The normalized spacial score (nSPS) is 26.5. The molecule has 1 aliphatic heterocycles. The second kappa shape index (κ2) is 9.36. The molecule has 182 valence electrons. The molecule has 1 aliphatic rings. The Morgan fingerprint density at radius 1 is 1.44 bits per heavy atom. The van der Waals surface area contributed by atoms with E-state index in [-0.39, 0.29) is 17.5 Å². The number of hydrogen-bond donors (Lipinski definition) is 1. The van der Waals surface area contributed by atoms with Gasteiger partial charge in [0.2, 0.25) is 0 Å². The lowest BCUT2D eigenvalue weighted by Gasteiger charge is -2.40. The number of carbonyl (C=O) groups is 1. The smallest absolute Gasteiger partial charge is 0.351 e. The van der Waals surface area contributed by atoms with Crippen molar-refractivity contribution in [2.45, 2.75) is 76.9 Å². The van der Waals surface area contributed by atoms with Crippen molar-refractivity contribution in [2.75, 3.05) is 18.2 Å². The van der Waals surface area contributed by atoms with E-state index in [4.69, 9.17) is 31.2 Å². The fraction of sp³-hybridized carbons (Fsp3) is 0.750. The molecule has 1 aromatic heterocycles. The highest BCUT2D eigenvalue weighted by Crippen LogP contribution is 2.44. The Labute approximate surface area is 192 Å². The van der Waals surface area contributed by atoms with E-state index in [2.05, 4.69) is 4.98 Å². The van der Waals surface area contributed by atoms with Gasteiger partial charge < -0.3 is 19.6 Å². The first-order valence-electron chi connectivity index (χ1n) is 10.3. The Morgan fingerprint density at radius 3 is 2.53 bits per heavy atom. The number of nitrogen functional groups attached to an aromatic ring is 1. The zero-order chi connectivity index (χ0) is 24.6. The van der Waals surface area contributed by atoms with Gasteiger partial charge in [-0.05, 0) is 18.1 Å². The molecule has 0 saturated carbocycles. The Bertz CT molecular complexity index is 908. The largest absolute Gasteiger partial charge is 0.456 e. The van der Waals surface area contributed by atoms with Crippen molar-refractivity contribution >= 4 is 31.7 Å². The van der Waals surface area contributed by atoms with Crippen LogP contribution in [0.4, 0.5) is 14.6 Å². The molecule has 0 spiro atoms. The van der Waals surface area contributed by atoms with Gasteiger partial charge in [-0.25, -0.2) is 13.6 Å². The molecule has 0 bridgehead atoms. The van der Waals surface area contributed by atoms with Crippen LogP contribution in [0.1, 0.15) is 40.8 Å². The van der Waals surface area contributed by atoms with Crippen molar-refractivity contribution in [1.29, 1.82) is 0 Å². The van der Waals surface area contributed by atoms with Crippen LogP contribution in [-0.4, -0.2) is 54.2 Å². The third-order valence-electron chi connectivity index (χ3n) is 6.07. The van der Waals surface area contributed by atoms with Gasteiger partial charge in [0.05, 0.1) is 24.6 Å². The monoisotopic (exact) mass is 495 g/mol. The highest BCUT2D eigenvalue weighted by atomic mass is 35.5. The van der Waals surface area contributed by atoms with Gasteiger partial charge in [-0.2, -0.15) is 4.98 Å². The van der Waals surface area contributed by atoms with Gasteiger partial charge in [0, 0.05) is 0 Å².